The Morgan fingerprint density at radius 3 is 2.60 bits per heavy atom. The summed E-state index contributed by atoms with van der Waals surface area (Å²) < 4.78 is 1.72. The molecule has 0 aliphatic carbocycles. The third-order valence-electron chi connectivity index (χ3n) is 2.65. The molecule has 1 aromatic carbocycles. The molecule has 0 fully saturated rings. The standard InChI is InChI=1S/C15H12N4S/c1-2-7-13(8-3-1)9-4-5-10-14-16-17-18-19(14)15-11-6-12-20-15/h1-12H. The van der Waals surface area contributed by atoms with Gasteiger partial charge in [-0.2, -0.15) is 4.68 Å². The second-order valence-corrected chi connectivity index (χ2v) is 4.96. The van der Waals surface area contributed by atoms with Gasteiger partial charge in [0, 0.05) is 0 Å². The van der Waals surface area contributed by atoms with Gasteiger partial charge in [0.05, 0.1) is 0 Å². The topological polar surface area (TPSA) is 43.6 Å². The number of aromatic nitrogens is 4. The van der Waals surface area contributed by atoms with E-state index >= 15 is 0 Å². The van der Waals surface area contributed by atoms with Crippen molar-refractivity contribution in [2.24, 2.45) is 0 Å². The average molecular weight is 280 g/mol. The third kappa shape index (κ3) is 2.89. The first kappa shape index (κ1) is 12.5. The van der Waals surface area contributed by atoms with E-state index < -0.39 is 0 Å². The fourth-order valence-corrected chi connectivity index (χ4v) is 2.40. The molecule has 2 heterocycles. The Balaban J connectivity index is 1.74. The highest BCUT2D eigenvalue weighted by atomic mass is 32.1. The molecule has 0 aliphatic heterocycles. The number of hydrogen-bond donors (Lipinski definition) is 0. The van der Waals surface area contributed by atoms with Crippen LogP contribution in [0.1, 0.15) is 11.4 Å². The normalized spacial score (nSPS) is 11.6. The predicted molar refractivity (Wildman–Crippen MR) is 81.5 cm³/mol. The molecule has 5 heteroatoms. The number of nitrogens with zero attached hydrogens (tertiary/aromatic N) is 4. The molecule has 2 aromatic heterocycles. The van der Waals surface area contributed by atoms with Crippen molar-refractivity contribution in [3.63, 3.8) is 0 Å². The summed E-state index contributed by atoms with van der Waals surface area (Å²) in [6.45, 7) is 0. The van der Waals surface area contributed by atoms with Gasteiger partial charge in [0.25, 0.3) is 0 Å². The lowest BCUT2D eigenvalue weighted by molar-refractivity contribution is 0.796. The van der Waals surface area contributed by atoms with Crippen molar-refractivity contribution in [1.29, 1.82) is 0 Å². The number of hydrogen-bond acceptors (Lipinski definition) is 4. The van der Waals surface area contributed by atoms with E-state index in [0.29, 0.717) is 5.82 Å². The lowest BCUT2D eigenvalue weighted by Gasteiger charge is -1.95. The Morgan fingerprint density at radius 1 is 0.950 bits per heavy atom. The molecule has 0 aliphatic rings. The van der Waals surface area contributed by atoms with E-state index in [4.69, 9.17) is 0 Å². The first-order valence-electron chi connectivity index (χ1n) is 6.15. The maximum Gasteiger partial charge on any atom is 0.180 e. The monoisotopic (exact) mass is 280 g/mol. The van der Waals surface area contributed by atoms with E-state index in [1.807, 2.05) is 60.0 Å². The second-order valence-electron chi connectivity index (χ2n) is 4.03. The summed E-state index contributed by atoms with van der Waals surface area (Å²) in [6.07, 6.45) is 7.83. The van der Waals surface area contributed by atoms with Gasteiger partial charge < -0.3 is 0 Å². The maximum absolute atomic E-state index is 4.00. The second kappa shape index (κ2) is 6.08. The van der Waals surface area contributed by atoms with Gasteiger partial charge in [0.15, 0.2) is 5.82 Å². The summed E-state index contributed by atoms with van der Waals surface area (Å²) in [5.74, 6) is 0.713. The average Bonchev–Trinajstić information content (AvgIpc) is 3.15. The molecule has 3 aromatic rings. The molecule has 4 nitrogen and oxygen atoms in total. The highest BCUT2D eigenvalue weighted by Gasteiger charge is 2.04. The summed E-state index contributed by atoms with van der Waals surface area (Å²) in [4.78, 5) is 0. The van der Waals surface area contributed by atoms with Crippen molar-refractivity contribution < 1.29 is 0 Å². The minimum absolute atomic E-state index is 0.713. The van der Waals surface area contributed by atoms with Crippen molar-refractivity contribution in [1.82, 2.24) is 20.2 Å². The highest BCUT2D eigenvalue weighted by Crippen LogP contribution is 2.15. The molecular formula is C15H12N4S. The lowest BCUT2D eigenvalue weighted by atomic mass is 10.2. The quantitative estimate of drug-likeness (QED) is 0.687. The highest BCUT2D eigenvalue weighted by molar-refractivity contribution is 7.12. The Kier molecular flexibility index (Phi) is 3.80. The van der Waals surface area contributed by atoms with Crippen LogP contribution in [0.4, 0.5) is 0 Å². The van der Waals surface area contributed by atoms with Crippen molar-refractivity contribution in [3.8, 4) is 5.00 Å². The van der Waals surface area contributed by atoms with Gasteiger partial charge in [-0.1, -0.05) is 48.6 Å². The van der Waals surface area contributed by atoms with Crippen molar-refractivity contribution in [2.45, 2.75) is 0 Å². The molecule has 0 bridgehead atoms. The van der Waals surface area contributed by atoms with Crippen molar-refractivity contribution >= 4 is 23.5 Å². The van der Waals surface area contributed by atoms with Crippen molar-refractivity contribution in [3.05, 3.63) is 71.4 Å². The van der Waals surface area contributed by atoms with Crippen LogP contribution in [0.2, 0.25) is 0 Å². The molecule has 0 saturated carbocycles. The van der Waals surface area contributed by atoms with Crippen LogP contribution in [0, 0.1) is 0 Å². The summed E-state index contributed by atoms with van der Waals surface area (Å²) >= 11 is 1.60. The van der Waals surface area contributed by atoms with Crippen LogP contribution < -0.4 is 0 Å². The predicted octanol–water partition coefficient (Wildman–Crippen LogP) is 3.45. The Labute approximate surface area is 120 Å². The summed E-state index contributed by atoms with van der Waals surface area (Å²) in [5.41, 5.74) is 1.16. The van der Waals surface area contributed by atoms with Gasteiger partial charge in [-0.3, -0.25) is 0 Å². The van der Waals surface area contributed by atoms with Crippen LogP contribution in [0.25, 0.3) is 17.2 Å². The minimum atomic E-state index is 0.713. The molecule has 0 N–H and O–H groups in total. The fraction of sp³-hybridized carbons (Fsp3) is 0. The largest absolute Gasteiger partial charge is 0.183 e. The van der Waals surface area contributed by atoms with Crippen LogP contribution in [-0.2, 0) is 0 Å². The Bertz CT molecular complexity index is 711. The molecule has 0 unspecified atom stereocenters. The molecule has 0 radical (unpaired) electrons. The number of tetrazole rings is 1. The van der Waals surface area contributed by atoms with Gasteiger partial charge in [-0.25, -0.2) is 0 Å². The van der Waals surface area contributed by atoms with E-state index in [0.717, 1.165) is 10.6 Å². The molecule has 0 amide bonds. The van der Waals surface area contributed by atoms with Crippen LogP contribution in [0.5, 0.6) is 0 Å². The van der Waals surface area contributed by atoms with Gasteiger partial charge in [0.1, 0.15) is 5.00 Å². The summed E-state index contributed by atoms with van der Waals surface area (Å²) in [7, 11) is 0. The molecule has 20 heavy (non-hydrogen) atoms. The lowest BCUT2D eigenvalue weighted by Crippen LogP contribution is -1.96. The molecule has 0 spiro atoms. The van der Waals surface area contributed by atoms with Gasteiger partial charge >= 0.3 is 0 Å². The number of allylic oxidation sites excluding steroid dienone is 2. The van der Waals surface area contributed by atoms with Crippen LogP contribution in [-0.4, -0.2) is 20.2 Å². The molecular weight excluding hydrogens is 268 g/mol. The first-order chi connectivity index (χ1) is 9.93. The zero-order chi connectivity index (χ0) is 13.6. The van der Waals surface area contributed by atoms with Gasteiger partial charge in [-0.05, 0) is 39.6 Å². The Hall–Kier alpha value is -2.53. The first-order valence-corrected chi connectivity index (χ1v) is 7.03. The smallest absolute Gasteiger partial charge is 0.180 e. The fourth-order valence-electron chi connectivity index (χ4n) is 1.72. The molecule has 3 rings (SSSR count). The van der Waals surface area contributed by atoms with E-state index in [9.17, 15) is 0 Å². The van der Waals surface area contributed by atoms with Crippen LogP contribution in [0.3, 0.4) is 0 Å². The molecule has 0 atom stereocenters. The maximum atomic E-state index is 4.00. The van der Waals surface area contributed by atoms with Crippen molar-refractivity contribution in [2.75, 3.05) is 0 Å². The zero-order valence-corrected chi connectivity index (χ0v) is 11.4. The number of benzene rings is 1. The molecule has 0 saturated heterocycles. The Morgan fingerprint density at radius 2 is 1.80 bits per heavy atom. The van der Waals surface area contributed by atoms with Crippen LogP contribution in [0.15, 0.2) is 60.0 Å². The summed E-state index contributed by atoms with van der Waals surface area (Å²) in [5, 5.41) is 14.7. The summed E-state index contributed by atoms with van der Waals surface area (Å²) in [6, 6.07) is 14.1. The van der Waals surface area contributed by atoms with Crippen LogP contribution >= 0.6 is 11.3 Å². The van der Waals surface area contributed by atoms with E-state index in [1.165, 1.54) is 0 Å². The van der Waals surface area contributed by atoms with Gasteiger partial charge in [-0.15, -0.1) is 16.4 Å². The minimum Gasteiger partial charge on any atom is -0.183 e. The van der Waals surface area contributed by atoms with E-state index in [1.54, 1.807) is 16.0 Å². The SMILES string of the molecule is C(C=Cc1nnnn1-c1cccs1)=Cc1ccccc1. The third-order valence-corrected chi connectivity index (χ3v) is 3.50. The zero-order valence-electron chi connectivity index (χ0n) is 10.6. The van der Waals surface area contributed by atoms with E-state index in [-0.39, 0.29) is 0 Å². The van der Waals surface area contributed by atoms with E-state index in [2.05, 4.69) is 27.7 Å². The number of rotatable bonds is 4. The molecule has 98 valence electrons. The van der Waals surface area contributed by atoms with Gasteiger partial charge in [0.2, 0.25) is 0 Å². The number of thiophene rings is 1.